The van der Waals surface area contributed by atoms with Crippen LogP contribution in [-0.2, 0) is 19.7 Å². The first kappa shape index (κ1) is 17.2. The minimum atomic E-state index is -1.80. The number of ketones is 1. The van der Waals surface area contributed by atoms with E-state index in [1.165, 1.54) is 7.11 Å². The molecule has 0 radical (unpaired) electrons. The number of benzene rings is 1. The molecule has 8 heteroatoms. The maximum atomic E-state index is 14.1. The number of aliphatic hydroxyl groups is 1. The van der Waals surface area contributed by atoms with Crippen molar-refractivity contribution >= 4 is 17.6 Å². The summed E-state index contributed by atoms with van der Waals surface area (Å²) in [6, 6.07) is 5.71. The number of Topliss-reactive ketones (excluding diaryl/α,β-unsaturated/α-hetero) is 1. The Bertz CT molecular complexity index is 1170. The second-order valence-corrected chi connectivity index (χ2v) is 10.0. The molecule has 1 amide bonds. The van der Waals surface area contributed by atoms with Gasteiger partial charge >= 0.3 is 6.09 Å². The Morgan fingerprint density at radius 3 is 2.90 bits per heavy atom. The molecular weight excluding hydrogens is 400 g/mol. The summed E-state index contributed by atoms with van der Waals surface area (Å²) in [7, 11) is 2.92. The van der Waals surface area contributed by atoms with Gasteiger partial charge in [-0.25, -0.2) is 4.79 Å². The predicted octanol–water partition coefficient (Wildman–Crippen LogP) is 0.961. The van der Waals surface area contributed by atoms with Crippen molar-refractivity contribution in [3.8, 4) is 5.75 Å². The van der Waals surface area contributed by atoms with Gasteiger partial charge in [-0.2, -0.15) is 0 Å². The van der Waals surface area contributed by atoms with E-state index in [1.54, 1.807) is 12.0 Å². The number of rotatable bonds is 1. The topological polar surface area (TPSA) is 88.5 Å². The first-order valence-corrected chi connectivity index (χ1v) is 10.9. The largest absolute Gasteiger partial charge is 0.495 e. The first-order chi connectivity index (χ1) is 15.0. The minimum absolute atomic E-state index is 0.0280. The molecule has 5 heterocycles. The molecule has 7 fully saturated rings. The van der Waals surface area contributed by atoms with Gasteiger partial charge in [0.2, 0.25) is 0 Å². The van der Waals surface area contributed by atoms with E-state index in [4.69, 9.17) is 14.2 Å². The van der Waals surface area contributed by atoms with Crippen LogP contribution in [0.5, 0.6) is 5.75 Å². The monoisotopic (exact) mass is 422 g/mol. The van der Waals surface area contributed by atoms with E-state index in [2.05, 4.69) is 17.1 Å². The highest BCUT2D eigenvalue weighted by Crippen LogP contribution is 2.85. The maximum Gasteiger partial charge on any atom is 0.414 e. The number of para-hydroxylation sites is 1. The summed E-state index contributed by atoms with van der Waals surface area (Å²) in [4.78, 5) is 31.3. The first-order valence-electron chi connectivity index (χ1n) is 10.9. The van der Waals surface area contributed by atoms with Crippen molar-refractivity contribution in [1.82, 2.24) is 4.90 Å². The van der Waals surface area contributed by atoms with E-state index < -0.39 is 46.3 Å². The molecule has 10 rings (SSSR count). The fourth-order valence-corrected chi connectivity index (χ4v) is 9.42. The minimum Gasteiger partial charge on any atom is -0.495 e. The summed E-state index contributed by atoms with van der Waals surface area (Å²) in [6.45, 7) is 0.696. The molecular formula is C23H22N2O6. The molecule has 1 unspecified atom stereocenters. The highest BCUT2D eigenvalue weighted by molar-refractivity contribution is 6.09. The lowest BCUT2D eigenvalue weighted by Gasteiger charge is -2.72. The summed E-state index contributed by atoms with van der Waals surface area (Å²) in [5.74, 6) is -0.171. The molecule has 9 aliphatic rings. The Labute approximate surface area is 178 Å². The quantitative estimate of drug-likeness (QED) is 0.675. The van der Waals surface area contributed by atoms with Crippen molar-refractivity contribution in [3.63, 3.8) is 0 Å². The van der Waals surface area contributed by atoms with Gasteiger partial charge in [0.1, 0.15) is 23.6 Å². The molecule has 1 N–H and O–H groups in total. The number of methoxy groups -OCH3 is 2. The van der Waals surface area contributed by atoms with Crippen LogP contribution in [0.3, 0.4) is 0 Å². The fraction of sp³-hybridized carbons (Fsp3) is 0.565. The molecule has 5 aliphatic heterocycles. The molecule has 9 atom stereocenters. The van der Waals surface area contributed by atoms with Crippen molar-refractivity contribution in [1.29, 1.82) is 0 Å². The zero-order chi connectivity index (χ0) is 21.1. The number of carbonyl (C=O) groups excluding carboxylic acids is 2. The molecule has 160 valence electrons. The lowest BCUT2D eigenvalue weighted by molar-refractivity contribution is -0.308. The van der Waals surface area contributed by atoms with Crippen LogP contribution in [0.15, 0.2) is 30.4 Å². The van der Waals surface area contributed by atoms with Gasteiger partial charge in [0.25, 0.3) is 0 Å². The second kappa shape index (κ2) is 4.53. The van der Waals surface area contributed by atoms with Crippen LogP contribution >= 0.6 is 0 Å². The van der Waals surface area contributed by atoms with E-state index in [-0.39, 0.29) is 11.8 Å². The molecule has 0 aromatic heterocycles. The number of carbonyl (C=O) groups is 2. The number of amides is 1. The molecule has 3 spiro atoms. The van der Waals surface area contributed by atoms with Crippen molar-refractivity contribution in [2.45, 2.75) is 47.8 Å². The van der Waals surface area contributed by atoms with Crippen molar-refractivity contribution in [2.75, 3.05) is 25.7 Å². The molecule has 9 bridgehead atoms. The van der Waals surface area contributed by atoms with Gasteiger partial charge in [0.15, 0.2) is 11.4 Å². The van der Waals surface area contributed by atoms with E-state index >= 15 is 0 Å². The Hall–Kier alpha value is -2.42. The molecule has 31 heavy (non-hydrogen) atoms. The van der Waals surface area contributed by atoms with E-state index in [0.717, 1.165) is 12.0 Å². The zero-order valence-corrected chi connectivity index (χ0v) is 17.2. The Balaban J connectivity index is 1.59. The molecule has 1 aromatic rings. The third kappa shape index (κ3) is 1.18. The van der Waals surface area contributed by atoms with Crippen LogP contribution in [0.25, 0.3) is 0 Å². The number of ether oxygens (including phenoxy) is 3. The SMILES string of the molecule is COC(=O)N1c2c(OC)cccc2[C@@]23[C@H]4C(=O)[C@@]5(O)[C@@H]6O[C@H]4N4CC=C[C@]6(CC[C@]125)[C@H]43. The van der Waals surface area contributed by atoms with Crippen LogP contribution in [0.2, 0.25) is 0 Å². The maximum absolute atomic E-state index is 14.1. The smallest absolute Gasteiger partial charge is 0.414 e. The van der Waals surface area contributed by atoms with Gasteiger partial charge in [0.05, 0.1) is 31.2 Å². The van der Waals surface area contributed by atoms with Crippen LogP contribution in [0.4, 0.5) is 10.5 Å². The summed E-state index contributed by atoms with van der Waals surface area (Å²) >= 11 is 0. The normalized spacial score (nSPS) is 52.7. The third-order valence-electron chi connectivity index (χ3n) is 9.78. The average molecular weight is 422 g/mol. The third-order valence-corrected chi connectivity index (χ3v) is 9.78. The Kier molecular flexibility index (Phi) is 2.51. The summed E-state index contributed by atoms with van der Waals surface area (Å²) < 4.78 is 17.5. The van der Waals surface area contributed by atoms with Crippen molar-refractivity contribution < 1.29 is 28.9 Å². The molecule has 8 nitrogen and oxygen atoms in total. The number of anilines is 1. The zero-order valence-electron chi connectivity index (χ0n) is 17.2. The van der Waals surface area contributed by atoms with Crippen molar-refractivity contribution in [2.24, 2.45) is 11.3 Å². The standard InChI is InChI=1S/C23H22N2O6/c1-29-12-6-3-5-11-14(12)25(19(27)30-2)21-9-8-20-7-4-10-24-16-13(22(11,21)17(20)24)15(26)23(21,28)18(20)31-16/h3-7,13,16-18,28H,8-10H2,1-2H3/t13-,16+,17-,18+,20-,21-,22-,23+/m0/s1. The second-order valence-electron chi connectivity index (χ2n) is 10.0. The van der Waals surface area contributed by atoms with Crippen LogP contribution in [-0.4, -0.2) is 72.2 Å². The summed E-state index contributed by atoms with van der Waals surface area (Å²) in [5.41, 5.74) is -2.66. The fourth-order valence-electron chi connectivity index (χ4n) is 9.42. The molecule has 4 saturated carbocycles. The van der Waals surface area contributed by atoms with Crippen molar-refractivity contribution in [3.05, 3.63) is 35.9 Å². The number of nitrogens with zero attached hydrogens (tertiary/aromatic N) is 2. The summed E-state index contributed by atoms with van der Waals surface area (Å²) in [6.07, 6.45) is 3.93. The number of hydrogen-bond acceptors (Lipinski definition) is 7. The van der Waals surface area contributed by atoms with Crippen LogP contribution < -0.4 is 9.64 Å². The average Bonchev–Trinajstić information content (AvgIpc) is 3.24. The van der Waals surface area contributed by atoms with Gasteiger partial charge in [-0.3, -0.25) is 14.6 Å². The highest BCUT2D eigenvalue weighted by Gasteiger charge is 3.00. The lowest BCUT2D eigenvalue weighted by Crippen LogP contribution is -2.89. The van der Waals surface area contributed by atoms with E-state index in [9.17, 15) is 14.7 Å². The van der Waals surface area contributed by atoms with Gasteiger partial charge in [-0.05, 0) is 24.5 Å². The van der Waals surface area contributed by atoms with Gasteiger partial charge in [-0.15, -0.1) is 0 Å². The van der Waals surface area contributed by atoms with Gasteiger partial charge in [0, 0.05) is 18.0 Å². The van der Waals surface area contributed by atoms with E-state index in [0.29, 0.717) is 24.4 Å². The molecule has 4 aliphatic carbocycles. The Morgan fingerprint density at radius 1 is 1.29 bits per heavy atom. The lowest BCUT2D eigenvalue weighted by atomic mass is 9.40. The van der Waals surface area contributed by atoms with Crippen LogP contribution in [0.1, 0.15) is 18.4 Å². The Morgan fingerprint density at radius 2 is 2.13 bits per heavy atom. The number of hydrogen-bond donors (Lipinski definition) is 1. The number of fused-ring (bicyclic) bond motifs is 2. The predicted molar refractivity (Wildman–Crippen MR) is 106 cm³/mol. The van der Waals surface area contributed by atoms with Crippen LogP contribution in [0, 0.1) is 11.3 Å². The van der Waals surface area contributed by atoms with E-state index in [1.807, 2.05) is 18.2 Å². The molecule has 1 aromatic carbocycles. The molecule has 3 saturated heterocycles. The summed E-state index contributed by atoms with van der Waals surface area (Å²) in [5, 5.41) is 12.4. The highest BCUT2D eigenvalue weighted by atomic mass is 16.6. The van der Waals surface area contributed by atoms with Gasteiger partial charge in [-0.1, -0.05) is 24.3 Å². The van der Waals surface area contributed by atoms with Gasteiger partial charge < -0.3 is 19.3 Å².